The van der Waals surface area contributed by atoms with Crippen LogP contribution >= 0.6 is 11.6 Å². The normalized spacial score (nSPS) is 18.7. The number of carbonyl (C=O) groups excluding carboxylic acids is 2. The van der Waals surface area contributed by atoms with E-state index in [-0.39, 0.29) is 23.4 Å². The van der Waals surface area contributed by atoms with E-state index in [1.807, 2.05) is 0 Å². The number of carboxylic acid groups (broad SMARTS) is 1. The van der Waals surface area contributed by atoms with Crippen molar-refractivity contribution in [1.29, 1.82) is 0 Å². The second-order valence-electron chi connectivity index (χ2n) is 4.62. The summed E-state index contributed by atoms with van der Waals surface area (Å²) in [6.45, 7) is 0.329. The number of aliphatic carboxylic acids is 1. The number of halogens is 1. The van der Waals surface area contributed by atoms with Crippen LogP contribution < -0.4 is 16.0 Å². The SMILES string of the molecule is O=C1CC(NC(=O)N[C@@H](C(=O)O)c2ccccc2Cl)CN1. The number of nitrogens with one attached hydrogen (secondary N) is 3. The van der Waals surface area contributed by atoms with Crippen LogP contribution in [0.1, 0.15) is 18.0 Å². The molecule has 1 aromatic rings. The lowest BCUT2D eigenvalue weighted by atomic mass is 10.1. The summed E-state index contributed by atoms with van der Waals surface area (Å²) >= 11 is 5.95. The first-order valence-corrected chi connectivity index (χ1v) is 6.66. The van der Waals surface area contributed by atoms with E-state index >= 15 is 0 Å². The van der Waals surface area contributed by atoms with E-state index in [9.17, 15) is 19.5 Å². The Morgan fingerprint density at radius 2 is 2.10 bits per heavy atom. The molecule has 0 saturated carbocycles. The summed E-state index contributed by atoms with van der Waals surface area (Å²) in [4.78, 5) is 34.2. The molecule has 1 unspecified atom stereocenters. The minimum absolute atomic E-state index is 0.152. The molecule has 1 heterocycles. The van der Waals surface area contributed by atoms with Crippen molar-refractivity contribution in [1.82, 2.24) is 16.0 Å². The summed E-state index contributed by atoms with van der Waals surface area (Å²) in [6.07, 6.45) is 0.178. The van der Waals surface area contributed by atoms with Gasteiger partial charge in [0, 0.05) is 23.6 Å². The smallest absolute Gasteiger partial charge is 0.331 e. The molecule has 2 atom stereocenters. The molecule has 21 heavy (non-hydrogen) atoms. The van der Waals surface area contributed by atoms with Gasteiger partial charge in [-0.3, -0.25) is 4.79 Å². The molecular formula is C13H14ClN3O4. The van der Waals surface area contributed by atoms with Crippen molar-refractivity contribution < 1.29 is 19.5 Å². The lowest BCUT2D eigenvalue weighted by Gasteiger charge is -2.18. The molecule has 1 aliphatic rings. The molecule has 0 bridgehead atoms. The van der Waals surface area contributed by atoms with Gasteiger partial charge >= 0.3 is 12.0 Å². The van der Waals surface area contributed by atoms with Gasteiger partial charge in [0.1, 0.15) is 0 Å². The molecule has 1 aromatic carbocycles. The molecule has 1 saturated heterocycles. The largest absolute Gasteiger partial charge is 0.479 e. The molecule has 112 valence electrons. The Bertz CT molecular complexity index is 578. The van der Waals surface area contributed by atoms with Crippen molar-refractivity contribution in [3.8, 4) is 0 Å². The summed E-state index contributed by atoms with van der Waals surface area (Å²) in [6, 6.07) is 4.11. The minimum atomic E-state index is -1.26. The lowest BCUT2D eigenvalue weighted by Crippen LogP contribution is -2.46. The number of carbonyl (C=O) groups is 3. The number of hydrogen-bond donors (Lipinski definition) is 4. The van der Waals surface area contributed by atoms with Crippen LogP contribution in [0.5, 0.6) is 0 Å². The number of hydrogen-bond acceptors (Lipinski definition) is 3. The summed E-state index contributed by atoms with van der Waals surface area (Å²) < 4.78 is 0. The number of amides is 3. The third-order valence-corrected chi connectivity index (χ3v) is 3.40. The minimum Gasteiger partial charge on any atom is -0.479 e. The zero-order chi connectivity index (χ0) is 15.4. The fourth-order valence-corrected chi connectivity index (χ4v) is 2.29. The van der Waals surface area contributed by atoms with Gasteiger partial charge in [0.15, 0.2) is 6.04 Å². The Morgan fingerprint density at radius 3 is 2.67 bits per heavy atom. The van der Waals surface area contributed by atoms with Crippen molar-refractivity contribution >= 4 is 29.5 Å². The third-order valence-electron chi connectivity index (χ3n) is 3.05. The van der Waals surface area contributed by atoms with Crippen LogP contribution in [0.3, 0.4) is 0 Å². The van der Waals surface area contributed by atoms with Crippen LogP contribution in [0, 0.1) is 0 Å². The van der Waals surface area contributed by atoms with Crippen molar-refractivity contribution in [2.75, 3.05) is 6.54 Å². The molecular weight excluding hydrogens is 298 g/mol. The van der Waals surface area contributed by atoms with Gasteiger partial charge in [0.2, 0.25) is 5.91 Å². The Balaban J connectivity index is 2.03. The van der Waals surface area contributed by atoms with Crippen molar-refractivity contribution in [3.63, 3.8) is 0 Å². The molecule has 0 radical (unpaired) electrons. The number of urea groups is 1. The summed E-state index contributed by atoms with van der Waals surface area (Å²) in [5.41, 5.74) is 0.294. The molecule has 4 N–H and O–H groups in total. The maximum absolute atomic E-state index is 11.8. The van der Waals surface area contributed by atoms with E-state index in [4.69, 9.17) is 11.6 Å². The second-order valence-corrected chi connectivity index (χ2v) is 5.02. The Hall–Kier alpha value is -2.28. The van der Waals surface area contributed by atoms with Crippen LogP contribution in [0.25, 0.3) is 0 Å². The molecule has 8 heteroatoms. The van der Waals surface area contributed by atoms with Crippen molar-refractivity contribution in [3.05, 3.63) is 34.9 Å². The molecule has 1 aliphatic heterocycles. The second kappa shape index (κ2) is 6.45. The van der Waals surface area contributed by atoms with E-state index in [2.05, 4.69) is 16.0 Å². The molecule has 0 spiro atoms. The zero-order valence-corrected chi connectivity index (χ0v) is 11.7. The molecule has 3 amide bonds. The topological polar surface area (TPSA) is 108 Å². The van der Waals surface area contributed by atoms with Gasteiger partial charge in [0.25, 0.3) is 0 Å². The van der Waals surface area contributed by atoms with E-state index in [0.29, 0.717) is 12.1 Å². The van der Waals surface area contributed by atoms with Crippen LogP contribution in [0.2, 0.25) is 5.02 Å². The monoisotopic (exact) mass is 311 g/mol. The number of rotatable bonds is 4. The lowest BCUT2D eigenvalue weighted by molar-refractivity contribution is -0.139. The Kier molecular flexibility index (Phi) is 4.64. The summed E-state index contributed by atoms with van der Waals surface area (Å²) in [5.74, 6) is -1.37. The Labute approximate surface area is 125 Å². The first-order chi connectivity index (χ1) is 9.97. The molecule has 2 rings (SSSR count). The van der Waals surface area contributed by atoms with E-state index in [1.165, 1.54) is 6.07 Å². The quantitative estimate of drug-likeness (QED) is 0.655. The molecule has 1 fully saturated rings. The van der Waals surface area contributed by atoms with E-state index in [0.717, 1.165) is 0 Å². The van der Waals surface area contributed by atoms with Gasteiger partial charge in [0.05, 0.1) is 6.04 Å². The maximum atomic E-state index is 11.8. The van der Waals surface area contributed by atoms with E-state index in [1.54, 1.807) is 18.2 Å². The number of benzene rings is 1. The fraction of sp³-hybridized carbons (Fsp3) is 0.308. The first kappa shape index (κ1) is 15.1. The third kappa shape index (κ3) is 3.85. The van der Waals surface area contributed by atoms with Crippen LogP contribution in [-0.4, -0.2) is 35.6 Å². The predicted molar refractivity (Wildman–Crippen MR) is 74.9 cm³/mol. The summed E-state index contributed by atoms with van der Waals surface area (Å²) in [7, 11) is 0. The molecule has 7 nitrogen and oxygen atoms in total. The first-order valence-electron chi connectivity index (χ1n) is 6.28. The standard InChI is InChI=1S/C13H14ClN3O4/c14-9-4-2-1-3-8(9)11(12(19)20)17-13(21)16-7-5-10(18)15-6-7/h1-4,7,11H,5-6H2,(H,15,18)(H,19,20)(H2,16,17,21)/t7?,11-/m1/s1. The average molecular weight is 312 g/mol. The number of carboxylic acids is 1. The zero-order valence-electron chi connectivity index (χ0n) is 10.9. The van der Waals surface area contributed by atoms with Crippen LogP contribution in [-0.2, 0) is 9.59 Å². The van der Waals surface area contributed by atoms with Gasteiger partial charge in [-0.2, -0.15) is 0 Å². The van der Waals surface area contributed by atoms with E-state index < -0.39 is 18.0 Å². The van der Waals surface area contributed by atoms with Gasteiger partial charge in [-0.15, -0.1) is 0 Å². The van der Waals surface area contributed by atoms with Gasteiger partial charge in [-0.1, -0.05) is 29.8 Å². The Morgan fingerprint density at radius 1 is 1.38 bits per heavy atom. The molecule has 0 aliphatic carbocycles. The summed E-state index contributed by atoms with van der Waals surface area (Å²) in [5, 5.41) is 16.9. The highest BCUT2D eigenvalue weighted by Crippen LogP contribution is 2.22. The van der Waals surface area contributed by atoms with Crippen LogP contribution in [0.15, 0.2) is 24.3 Å². The van der Waals surface area contributed by atoms with Crippen molar-refractivity contribution in [2.24, 2.45) is 0 Å². The molecule has 0 aromatic heterocycles. The fourth-order valence-electron chi connectivity index (χ4n) is 2.05. The van der Waals surface area contributed by atoms with Gasteiger partial charge in [-0.25, -0.2) is 9.59 Å². The highest BCUT2D eigenvalue weighted by atomic mass is 35.5. The highest BCUT2D eigenvalue weighted by Gasteiger charge is 2.27. The van der Waals surface area contributed by atoms with Crippen LogP contribution in [0.4, 0.5) is 4.79 Å². The van der Waals surface area contributed by atoms with Gasteiger partial charge in [-0.05, 0) is 6.07 Å². The maximum Gasteiger partial charge on any atom is 0.331 e. The average Bonchev–Trinajstić information content (AvgIpc) is 2.82. The van der Waals surface area contributed by atoms with Crippen molar-refractivity contribution in [2.45, 2.75) is 18.5 Å². The highest BCUT2D eigenvalue weighted by molar-refractivity contribution is 6.31. The predicted octanol–water partition coefficient (Wildman–Crippen LogP) is 0.653. The van der Waals surface area contributed by atoms with Gasteiger partial charge < -0.3 is 21.1 Å².